The Balaban J connectivity index is 0.00000200. The minimum absolute atomic E-state index is 0. The van der Waals surface area contributed by atoms with Crippen LogP contribution < -0.4 is 22.2 Å². The minimum Gasteiger partial charge on any atom is -1.00 e. The molecule has 20 heavy (non-hydrogen) atoms. The number of nitrogens with zero attached hydrogens (tertiary/aromatic N) is 4. The topological polar surface area (TPSA) is 72.7 Å². The Labute approximate surface area is 125 Å². The van der Waals surface area contributed by atoms with E-state index in [1.807, 2.05) is 6.07 Å². The van der Waals surface area contributed by atoms with Gasteiger partial charge in [-0.25, -0.2) is 4.98 Å². The summed E-state index contributed by atoms with van der Waals surface area (Å²) in [6, 6.07) is 1.92. The van der Waals surface area contributed by atoms with Gasteiger partial charge in [0.2, 0.25) is 5.95 Å². The van der Waals surface area contributed by atoms with Gasteiger partial charge in [-0.05, 0) is 25.3 Å². The lowest BCUT2D eigenvalue weighted by Crippen LogP contribution is -3.00. The van der Waals surface area contributed by atoms with Crippen LogP contribution in [0.25, 0.3) is 0 Å². The van der Waals surface area contributed by atoms with E-state index in [9.17, 15) is 0 Å². The van der Waals surface area contributed by atoms with Crippen LogP contribution in [-0.4, -0.2) is 59.6 Å². The largest absolute Gasteiger partial charge is 1.00 e. The van der Waals surface area contributed by atoms with E-state index >= 15 is 0 Å². The first-order valence-corrected chi connectivity index (χ1v) is 6.90. The average Bonchev–Trinajstić information content (AvgIpc) is 2.48. The molecule has 114 valence electrons. The van der Waals surface area contributed by atoms with Gasteiger partial charge in [0, 0.05) is 32.4 Å². The lowest BCUT2D eigenvalue weighted by Gasteiger charge is -2.29. The summed E-state index contributed by atoms with van der Waals surface area (Å²) < 4.78 is 0. The van der Waals surface area contributed by atoms with Crippen molar-refractivity contribution in [3.05, 3.63) is 12.3 Å². The summed E-state index contributed by atoms with van der Waals surface area (Å²) >= 11 is 0. The second kappa shape index (κ2) is 8.94. The maximum absolute atomic E-state index is 9.05. The summed E-state index contributed by atoms with van der Waals surface area (Å²) in [7, 11) is 0. The van der Waals surface area contributed by atoms with E-state index in [4.69, 9.17) is 10.2 Å². The molecule has 2 N–H and O–H groups in total. The predicted molar refractivity (Wildman–Crippen MR) is 74.5 cm³/mol. The molecule has 1 aliphatic heterocycles. The molecule has 2 heterocycles. The smallest absolute Gasteiger partial charge is 0.227 e. The summed E-state index contributed by atoms with van der Waals surface area (Å²) in [6.45, 7) is 3.00. The van der Waals surface area contributed by atoms with Crippen molar-refractivity contribution in [3.63, 3.8) is 0 Å². The van der Waals surface area contributed by atoms with Gasteiger partial charge >= 0.3 is 0 Å². The third-order valence-corrected chi connectivity index (χ3v) is 3.33. The van der Waals surface area contributed by atoms with Gasteiger partial charge in [0.25, 0.3) is 0 Å². The standard InChI is InChI=1S/C13H22N4O2.ClH/c18-10-8-17(9-11-19)13-14-5-4-12(15-13)16-6-2-1-3-7-16;/h4-5,18-19H,1-3,6-11H2;1H/p-1. The molecule has 1 aromatic rings. The van der Waals surface area contributed by atoms with Gasteiger partial charge in [0.05, 0.1) is 13.2 Å². The van der Waals surface area contributed by atoms with Crippen LogP contribution in [0.3, 0.4) is 0 Å². The van der Waals surface area contributed by atoms with Crippen LogP contribution >= 0.6 is 0 Å². The number of rotatable bonds is 6. The average molecular weight is 302 g/mol. The van der Waals surface area contributed by atoms with Gasteiger partial charge in [0.15, 0.2) is 0 Å². The van der Waals surface area contributed by atoms with Gasteiger partial charge in [-0.3, -0.25) is 0 Å². The molecular formula is C13H22ClN4O2-. The maximum Gasteiger partial charge on any atom is 0.227 e. The van der Waals surface area contributed by atoms with Crippen LogP contribution in [0.4, 0.5) is 11.8 Å². The molecule has 1 aliphatic rings. The van der Waals surface area contributed by atoms with Crippen LogP contribution in [0.5, 0.6) is 0 Å². The van der Waals surface area contributed by atoms with Gasteiger partial charge in [-0.15, -0.1) is 0 Å². The predicted octanol–water partition coefficient (Wildman–Crippen LogP) is -2.74. The number of anilines is 2. The maximum atomic E-state index is 9.05. The van der Waals surface area contributed by atoms with E-state index in [2.05, 4.69) is 14.9 Å². The number of aliphatic hydroxyl groups is 2. The zero-order valence-electron chi connectivity index (χ0n) is 11.6. The number of hydrogen-bond donors (Lipinski definition) is 2. The first kappa shape index (κ1) is 16.9. The number of hydrogen-bond acceptors (Lipinski definition) is 6. The highest BCUT2D eigenvalue weighted by molar-refractivity contribution is 5.44. The van der Waals surface area contributed by atoms with Crippen LogP contribution in [-0.2, 0) is 0 Å². The van der Waals surface area contributed by atoms with Crippen LogP contribution in [0.1, 0.15) is 19.3 Å². The van der Waals surface area contributed by atoms with Crippen molar-refractivity contribution in [1.29, 1.82) is 0 Å². The van der Waals surface area contributed by atoms with E-state index in [0.29, 0.717) is 19.0 Å². The second-order valence-corrected chi connectivity index (χ2v) is 4.70. The monoisotopic (exact) mass is 301 g/mol. The number of aliphatic hydroxyl groups excluding tert-OH is 2. The normalized spacial score (nSPS) is 14.8. The molecule has 0 aromatic carbocycles. The lowest BCUT2D eigenvalue weighted by molar-refractivity contribution is -0.00000630. The van der Waals surface area contributed by atoms with Gasteiger partial charge in [0.1, 0.15) is 5.82 Å². The molecule has 1 aromatic heterocycles. The Morgan fingerprint density at radius 1 is 1.10 bits per heavy atom. The Morgan fingerprint density at radius 2 is 1.75 bits per heavy atom. The van der Waals surface area contributed by atoms with Crippen molar-refractivity contribution in [1.82, 2.24) is 9.97 Å². The number of piperidine rings is 1. The fourth-order valence-electron chi connectivity index (χ4n) is 2.34. The fourth-order valence-corrected chi connectivity index (χ4v) is 2.34. The van der Waals surface area contributed by atoms with Gasteiger partial charge in [-0.1, -0.05) is 0 Å². The molecule has 2 rings (SSSR count). The minimum atomic E-state index is 0. The molecule has 0 radical (unpaired) electrons. The van der Waals surface area contributed by atoms with E-state index in [-0.39, 0.29) is 25.6 Å². The third kappa shape index (κ3) is 4.47. The molecule has 6 nitrogen and oxygen atoms in total. The van der Waals surface area contributed by atoms with Crippen molar-refractivity contribution < 1.29 is 22.6 Å². The molecule has 0 bridgehead atoms. The highest BCUT2D eigenvalue weighted by Crippen LogP contribution is 2.19. The van der Waals surface area contributed by atoms with Crippen molar-refractivity contribution in [3.8, 4) is 0 Å². The molecule has 0 spiro atoms. The second-order valence-electron chi connectivity index (χ2n) is 4.70. The van der Waals surface area contributed by atoms with Crippen molar-refractivity contribution >= 4 is 11.8 Å². The Morgan fingerprint density at radius 3 is 2.35 bits per heavy atom. The molecular weight excluding hydrogens is 280 g/mol. The first-order chi connectivity index (χ1) is 9.35. The van der Waals surface area contributed by atoms with E-state index in [1.54, 1.807) is 11.1 Å². The van der Waals surface area contributed by atoms with E-state index < -0.39 is 0 Å². The zero-order chi connectivity index (χ0) is 13.5. The van der Waals surface area contributed by atoms with Crippen LogP contribution in [0.2, 0.25) is 0 Å². The van der Waals surface area contributed by atoms with Crippen LogP contribution in [0.15, 0.2) is 12.3 Å². The molecule has 0 unspecified atom stereocenters. The SMILES string of the molecule is OCCN(CCO)c1nccc(N2CCCCC2)n1.[Cl-]. The summed E-state index contributed by atoms with van der Waals surface area (Å²) in [5, 5.41) is 18.1. The Kier molecular flexibility index (Phi) is 7.58. The molecule has 0 amide bonds. The Bertz CT molecular complexity index is 382. The third-order valence-electron chi connectivity index (χ3n) is 3.33. The lowest BCUT2D eigenvalue weighted by atomic mass is 10.1. The summed E-state index contributed by atoms with van der Waals surface area (Å²) in [6.07, 6.45) is 5.44. The van der Waals surface area contributed by atoms with E-state index in [0.717, 1.165) is 18.9 Å². The molecule has 0 atom stereocenters. The highest BCUT2D eigenvalue weighted by Gasteiger charge is 2.15. The molecule has 0 saturated carbocycles. The quantitative estimate of drug-likeness (QED) is 0.594. The molecule has 1 fully saturated rings. The van der Waals surface area contributed by atoms with Crippen molar-refractivity contribution in [2.75, 3.05) is 49.2 Å². The molecule has 0 aliphatic carbocycles. The zero-order valence-corrected chi connectivity index (χ0v) is 12.3. The summed E-state index contributed by atoms with van der Waals surface area (Å²) in [5.74, 6) is 1.51. The molecule has 1 saturated heterocycles. The fraction of sp³-hybridized carbons (Fsp3) is 0.692. The molecule has 7 heteroatoms. The number of halogens is 1. The van der Waals surface area contributed by atoms with Crippen molar-refractivity contribution in [2.45, 2.75) is 19.3 Å². The highest BCUT2D eigenvalue weighted by atomic mass is 35.5. The first-order valence-electron chi connectivity index (χ1n) is 6.90. The van der Waals surface area contributed by atoms with Gasteiger partial charge < -0.3 is 32.4 Å². The summed E-state index contributed by atoms with van der Waals surface area (Å²) in [4.78, 5) is 12.9. The van der Waals surface area contributed by atoms with Gasteiger partial charge in [-0.2, -0.15) is 4.98 Å². The van der Waals surface area contributed by atoms with Crippen molar-refractivity contribution in [2.24, 2.45) is 0 Å². The Hall–Kier alpha value is -1.11. The summed E-state index contributed by atoms with van der Waals surface area (Å²) in [5.41, 5.74) is 0. The van der Waals surface area contributed by atoms with E-state index in [1.165, 1.54) is 19.3 Å². The number of aromatic nitrogens is 2. The van der Waals surface area contributed by atoms with Crippen LogP contribution in [0, 0.1) is 0 Å².